The second-order valence-corrected chi connectivity index (χ2v) is 4.76. The molecule has 0 atom stereocenters. The normalized spacial score (nSPS) is 18.5. The summed E-state index contributed by atoms with van der Waals surface area (Å²) in [6.45, 7) is 2.44. The van der Waals surface area contributed by atoms with E-state index in [0.29, 0.717) is 6.07 Å². The molecule has 1 aromatic rings. The van der Waals surface area contributed by atoms with E-state index in [0.717, 1.165) is 11.0 Å². The molecule has 1 N–H and O–H groups in total. The molecule has 1 aromatic carbocycles. The summed E-state index contributed by atoms with van der Waals surface area (Å²) in [6, 6.07) is 1.64. The molecule has 0 aromatic heterocycles. The van der Waals surface area contributed by atoms with Crippen LogP contribution in [0.25, 0.3) is 0 Å². The highest BCUT2D eigenvalue weighted by atomic mass is 19.2. The van der Waals surface area contributed by atoms with Gasteiger partial charge in [-0.25, -0.2) is 13.2 Å². The number of carbonyl (C=O) groups is 2. The van der Waals surface area contributed by atoms with Crippen LogP contribution in [0, 0.1) is 17.5 Å². The molecule has 1 fully saturated rings. The highest BCUT2D eigenvalue weighted by Crippen LogP contribution is 2.27. The molecule has 0 saturated carbocycles. The number of rotatable bonds is 1. The Balaban J connectivity index is 2.49. The van der Waals surface area contributed by atoms with Crippen molar-refractivity contribution in [1.82, 2.24) is 5.32 Å². The summed E-state index contributed by atoms with van der Waals surface area (Å²) < 4.78 is 39.7. The van der Waals surface area contributed by atoms with Gasteiger partial charge in [-0.2, -0.15) is 0 Å². The van der Waals surface area contributed by atoms with E-state index in [4.69, 9.17) is 0 Å². The molecule has 7 heteroatoms. The molecule has 102 valence electrons. The third-order valence-corrected chi connectivity index (χ3v) is 2.84. The lowest BCUT2D eigenvalue weighted by Crippen LogP contribution is -2.64. The highest BCUT2D eigenvalue weighted by Gasteiger charge is 2.41. The summed E-state index contributed by atoms with van der Waals surface area (Å²) in [5, 5.41) is 2.43. The van der Waals surface area contributed by atoms with Gasteiger partial charge >= 0.3 is 0 Å². The Bertz CT molecular complexity index is 572. The van der Waals surface area contributed by atoms with E-state index in [1.807, 2.05) is 0 Å². The molecule has 0 bridgehead atoms. The van der Waals surface area contributed by atoms with Crippen LogP contribution in [0.4, 0.5) is 18.9 Å². The topological polar surface area (TPSA) is 49.4 Å². The molecule has 19 heavy (non-hydrogen) atoms. The monoisotopic (exact) mass is 272 g/mol. The number of amides is 2. The van der Waals surface area contributed by atoms with Gasteiger partial charge in [0.25, 0.3) is 5.91 Å². The second kappa shape index (κ2) is 4.25. The lowest BCUT2D eigenvalue weighted by molar-refractivity contribution is -0.134. The molecule has 0 radical (unpaired) electrons. The Morgan fingerprint density at radius 1 is 1.16 bits per heavy atom. The van der Waals surface area contributed by atoms with Gasteiger partial charge in [0.15, 0.2) is 17.5 Å². The minimum Gasteiger partial charge on any atom is -0.341 e. The van der Waals surface area contributed by atoms with Crippen molar-refractivity contribution in [3.05, 3.63) is 29.6 Å². The van der Waals surface area contributed by atoms with Gasteiger partial charge in [-0.3, -0.25) is 14.5 Å². The fraction of sp³-hybridized carbons (Fsp3) is 0.333. The summed E-state index contributed by atoms with van der Waals surface area (Å²) in [7, 11) is 0. The average molecular weight is 272 g/mol. The van der Waals surface area contributed by atoms with Gasteiger partial charge in [-0.05, 0) is 26.0 Å². The maximum absolute atomic E-state index is 13.7. The van der Waals surface area contributed by atoms with Crippen molar-refractivity contribution in [2.75, 3.05) is 11.4 Å². The maximum atomic E-state index is 13.7. The first-order chi connectivity index (χ1) is 8.74. The summed E-state index contributed by atoms with van der Waals surface area (Å²) in [5.41, 5.74) is -1.68. The predicted molar refractivity (Wildman–Crippen MR) is 60.9 cm³/mol. The van der Waals surface area contributed by atoms with Gasteiger partial charge in [0.2, 0.25) is 5.91 Å². The molecule has 0 spiro atoms. The van der Waals surface area contributed by atoms with Crippen molar-refractivity contribution in [1.29, 1.82) is 0 Å². The zero-order chi connectivity index (χ0) is 14.4. The summed E-state index contributed by atoms with van der Waals surface area (Å²) in [5.74, 6) is -5.62. The molecular formula is C12H11F3N2O2. The number of anilines is 1. The average Bonchev–Trinajstić information content (AvgIpc) is 2.31. The highest BCUT2D eigenvalue weighted by molar-refractivity contribution is 6.08. The Morgan fingerprint density at radius 2 is 1.79 bits per heavy atom. The minimum atomic E-state index is -1.67. The van der Waals surface area contributed by atoms with Crippen molar-refractivity contribution in [3.63, 3.8) is 0 Å². The molecule has 0 aliphatic carbocycles. The van der Waals surface area contributed by atoms with Crippen LogP contribution in [-0.4, -0.2) is 23.9 Å². The molecule has 1 aliphatic heterocycles. The van der Waals surface area contributed by atoms with E-state index in [-0.39, 0.29) is 0 Å². The quantitative estimate of drug-likeness (QED) is 0.784. The van der Waals surface area contributed by atoms with Crippen LogP contribution in [0.2, 0.25) is 0 Å². The van der Waals surface area contributed by atoms with Crippen LogP contribution in [0.3, 0.4) is 0 Å². The number of piperazine rings is 1. The number of hydrogen-bond acceptors (Lipinski definition) is 2. The van der Waals surface area contributed by atoms with E-state index >= 15 is 0 Å². The largest absolute Gasteiger partial charge is 0.341 e. The molecule has 1 saturated heterocycles. The smallest absolute Gasteiger partial charge is 0.252 e. The van der Waals surface area contributed by atoms with Crippen LogP contribution >= 0.6 is 0 Å². The number of benzene rings is 1. The van der Waals surface area contributed by atoms with Crippen LogP contribution < -0.4 is 10.2 Å². The third kappa shape index (κ3) is 2.16. The van der Waals surface area contributed by atoms with E-state index in [1.165, 1.54) is 13.8 Å². The molecular weight excluding hydrogens is 261 g/mol. The predicted octanol–water partition coefficient (Wildman–Crippen LogP) is 1.35. The van der Waals surface area contributed by atoms with Crippen molar-refractivity contribution in [2.45, 2.75) is 19.4 Å². The van der Waals surface area contributed by atoms with Crippen LogP contribution in [0.5, 0.6) is 0 Å². The van der Waals surface area contributed by atoms with Gasteiger partial charge in [0.05, 0.1) is 5.69 Å². The molecule has 2 amide bonds. The number of nitrogens with zero attached hydrogens (tertiary/aromatic N) is 1. The molecule has 2 rings (SSSR count). The fourth-order valence-electron chi connectivity index (χ4n) is 1.91. The number of halogens is 3. The Kier molecular flexibility index (Phi) is 3.00. The van der Waals surface area contributed by atoms with Crippen LogP contribution in [0.1, 0.15) is 13.8 Å². The molecule has 1 heterocycles. The first kappa shape index (κ1) is 13.4. The molecule has 1 aliphatic rings. The zero-order valence-electron chi connectivity index (χ0n) is 10.3. The van der Waals surface area contributed by atoms with Gasteiger partial charge < -0.3 is 5.32 Å². The summed E-state index contributed by atoms with van der Waals surface area (Å²) in [6.07, 6.45) is 0. The van der Waals surface area contributed by atoms with Crippen molar-refractivity contribution >= 4 is 17.5 Å². The van der Waals surface area contributed by atoms with Crippen molar-refractivity contribution in [3.8, 4) is 0 Å². The van der Waals surface area contributed by atoms with Crippen molar-refractivity contribution in [2.24, 2.45) is 0 Å². The van der Waals surface area contributed by atoms with Gasteiger partial charge in [-0.15, -0.1) is 0 Å². The first-order valence-electron chi connectivity index (χ1n) is 5.50. The number of nitrogens with one attached hydrogen (secondary N) is 1. The summed E-state index contributed by atoms with van der Waals surface area (Å²) in [4.78, 5) is 24.3. The SMILES string of the molecule is CC1(C)NC(=O)CN(c2ccc(F)c(F)c2F)C1=O. The van der Waals surface area contributed by atoms with E-state index < -0.39 is 47.0 Å². The second-order valence-electron chi connectivity index (χ2n) is 4.76. The van der Waals surface area contributed by atoms with Crippen LogP contribution in [0.15, 0.2) is 12.1 Å². The van der Waals surface area contributed by atoms with E-state index in [1.54, 1.807) is 0 Å². The first-order valence-corrected chi connectivity index (χ1v) is 5.50. The van der Waals surface area contributed by atoms with Gasteiger partial charge in [-0.1, -0.05) is 0 Å². The Morgan fingerprint density at radius 3 is 2.42 bits per heavy atom. The Hall–Kier alpha value is -2.05. The van der Waals surface area contributed by atoms with Crippen molar-refractivity contribution < 1.29 is 22.8 Å². The zero-order valence-corrected chi connectivity index (χ0v) is 10.3. The van der Waals surface area contributed by atoms with Gasteiger partial charge in [0.1, 0.15) is 12.1 Å². The number of hydrogen-bond donors (Lipinski definition) is 1. The number of carbonyl (C=O) groups excluding carboxylic acids is 2. The van der Waals surface area contributed by atoms with Crippen LogP contribution in [-0.2, 0) is 9.59 Å². The summed E-state index contributed by atoms with van der Waals surface area (Å²) >= 11 is 0. The van der Waals surface area contributed by atoms with Gasteiger partial charge in [0, 0.05) is 0 Å². The van der Waals surface area contributed by atoms with E-state index in [2.05, 4.69) is 5.32 Å². The standard InChI is InChI=1S/C12H11F3N2O2/c1-12(2)11(19)17(5-8(18)16-12)7-4-3-6(13)9(14)10(7)15/h3-4H,5H2,1-2H3,(H,16,18). The molecule has 4 nitrogen and oxygen atoms in total. The fourth-order valence-corrected chi connectivity index (χ4v) is 1.91. The lowest BCUT2D eigenvalue weighted by atomic mass is 10.00. The lowest BCUT2D eigenvalue weighted by Gasteiger charge is -2.37. The third-order valence-electron chi connectivity index (χ3n) is 2.84. The maximum Gasteiger partial charge on any atom is 0.252 e. The minimum absolute atomic E-state index is 0.440. The molecule has 0 unspecified atom stereocenters. The van der Waals surface area contributed by atoms with E-state index in [9.17, 15) is 22.8 Å². The Labute approximate surface area is 107 Å².